The molecular weight excluding hydrogens is 456 g/mol. The van der Waals surface area contributed by atoms with Crippen molar-refractivity contribution in [1.82, 2.24) is 14.8 Å². The lowest BCUT2D eigenvalue weighted by atomic mass is 10.1. The van der Waals surface area contributed by atoms with Crippen molar-refractivity contribution in [3.63, 3.8) is 0 Å². The molecule has 0 fully saturated rings. The number of rotatable bonds is 8. The van der Waals surface area contributed by atoms with Crippen LogP contribution in [0.15, 0.2) is 48.8 Å². The van der Waals surface area contributed by atoms with Crippen LogP contribution in [0.2, 0.25) is 0 Å². The number of anilines is 1. The van der Waals surface area contributed by atoms with Crippen LogP contribution in [0.1, 0.15) is 56.5 Å². The molecule has 0 saturated heterocycles. The van der Waals surface area contributed by atoms with Gasteiger partial charge in [0.25, 0.3) is 5.91 Å². The summed E-state index contributed by atoms with van der Waals surface area (Å²) in [6.45, 7) is 3.18. The van der Waals surface area contributed by atoms with Gasteiger partial charge in [0.2, 0.25) is 0 Å². The van der Waals surface area contributed by atoms with Crippen LogP contribution in [0.25, 0.3) is 5.82 Å². The van der Waals surface area contributed by atoms with Crippen molar-refractivity contribution in [2.45, 2.75) is 19.8 Å². The second-order valence-corrected chi connectivity index (χ2v) is 7.60. The van der Waals surface area contributed by atoms with Crippen LogP contribution in [0.4, 0.5) is 5.69 Å². The Hall–Kier alpha value is -4.54. The van der Waals surface area contributed by atoms with Crippen LogP contribution >= 0.6 is 0 Å². The smallest absolute Gasteiger partial charge is 0.342 e. The predicted molar refractivity (Wildman–Crippen MR) is 123 cm³/mol. The van der Waals surface area contributed by atoms with Crippen molar-refractivity contribution >= 4 is 29.5 Å². The monoisotopic (exact) mass is 480 g/mol. The van der Waals surface area contributed by atoms with Gasteiger partial charge in [-0.3, -0.25) is 4.79 Å². The lowest BCUT2D eigenvalue weighted by Crippen LogP contribution is -2.22. The minimum atomic E-state index is -0.732. The largest absolute Gasteiger partial charge is 0.465 e. The number of pyridine rings is 1. The number of carbonyl (C=O) groups excluding carboxylic acids is 4. The van der Waals surface area contributed by atoms with E-state index in [-0.39, 0.29) is 28.3 Å². The number of nitrogens with zero attached hydrogens (tertiary/aromatic N) is 3. The third-order valence-corrected chi connectivity index (χ3v) is 4.83. The van der Waals surface area contributed by atoms with Gasteiger partial charge in [0.15, 0.2) is 12.4 Å². The lowest BCUT2D eigenvalue weighted by molar-refractivity contribution is -0.119. The van der Waals surface area contributed by atoms with Crippen molar-refractivity contribution in [3.05, 3.63) is 71.2 Å². The fourth-order valence-corrected chi connectivity index (χ4v) is 3.31. The van der Waals surface area contributed by atoms with Gasteiger partial charge in [-0.2, -0.15) is 5.10 Å². The number of esters is 3. The summed E-state index contributed by atoms with van der Waals surface area (Å²) in [6, 6.07) is 9.26. The molecule has 11 nitrogen and oxygen atoms in total. The maximum Gasteiger partial charge on any atom is 0.342 e. The van der Waals surface area contributed by atoms with Crippen LogP contribution in [0.3, 0.4) is 0 Å². The maximum atomic E-state index is 12.7. The molecule has 0 spiro atoms. The Morgan fingerprint density at radius 1 is 0.971 bits per heavy atom. The van der Waals surface area contributed by atoms with Crippen LogP contribution in [-0.4, -0.2) is 59.4 Å². The van der Waals surface area contributed by atoms with Gasteiger partial charge >= 0.3 is 17.9 Å². The topological polar surface area (TPSA) is 139 Å². The summed E-state index contributed by atoms with van der Waals surface area (Å²) in [4.78, 5) is 53.3. The predicted octanol–water partition coefficient (Wildman–Crippen LogP) is 2.76. The summed E-state index contributed by atoms with van der Waals surface area (Å²) in [5.41, 5.74) is 0.985. The molecule has 182 valence electrons. The second-order valence-electron chi connectivity index (χ2n) is 7.60. The molecular formula is C24H24N4O7. The Morgan fingerprint density at radius 3 is 2.17 bits per heavy atom. The molecule has 0 aliphatic rings. The molecule has 1 aromatic carbocycles. The van der Waals surface area contributed by atoms with Crippen molar-refractivity contribution in [2.24, 2.45) is 0 Å². The van der Waals surface area contributed by atoms with Crippen molar-refractivity contribution in [2.75, 3.05) is 26.1 Å². The highest BCUT2D eigenvalue weighted by atomic mass is 16.5. The average molecular weight is 480 g/mol. The molecule has 1 amide bonds. The third kappa shape index (κ3) is 5.88. The lowest BCUT2D eigenvalue weighted by Gasteiger charge is -2.12. The van der Waals surface area contributed by atoms with Gasteiger partial charge in [-0.05, 0) is 36.2 Å². The van der Waals surface area contributed by atoms with Crippen molar-refractivity contribution < 1.29 is 33.4 Å². The molecule has 2 aromatic heterocycles. The van der Waals surface area contributed by atoms with Gasteiger partial charge < -0.3 is 19.5 Å². The first-order valence-corrected chi connectivity index (χ1v) is 10.5. The highest BCUT2D eigenvalue weighted by molar-refractivity contribution is 6.00. The standard InChI is InChI=1S/C24H24N4O7/c1-14(2)21-18(12-26-28(21)19-7-5-6-8-25-19)24(32)35-13-20(29)27-17-10-15(22(30)33-3)9-16(11-17)23(31)34-4/h5-12,14H,13H2,1-4H3,(H,27,29). The molecule has 0 aliphatic carbocycles. The Labute approximate surface area is 201 Å². The number of methoxy groups -OCH3 is 2. The number of hydrogen-bond acceptors (Lipinski definition) is 9. The molecule has 11 heteroatoms. The van der Waals surface area contributed by atoms with E-state index in [1.165, 1.54) is 38.6 Å². The minimum absolute atomic E-state index is 0.0335. The van der Waals surface area contributed by atoms with Gasteiger partial charge in [0.05, 0.1) is 37.2 Å². The summed E-state index contributed by atoms with van der Waals surface area (Å²) in [5.74, 6) is -2.37. The average Bonchev–Trinajstić information content (AvgIpc) is 3.32. The molecule has 0 radical (unpaired) electrons. The third-order valence-electron chi connectivity index (χ3n) is 4.83. The Kier molecular flexibility index (Phi) is 7.92. The van der Waals surface area contributed by atoms with E-state index in [9.17, 15) is 19.2 Å². The SMILES string of the molecule is COC(=O)c1cc(NC(=O)COC(=O)c2cnn(-c3ccccn3)c2C(C)C)cc(C(=O)OC)c1. The minimum Gasteiger partial charge on any atom is -0.465 e. The number of ether oxygens (including phenoxy) is 3. The van der Waals surface area contributed by atoms with Gasteiger partial charge in [-0.1, -0.05) is 19.9 Å². The normalized spacial score (nSPS) is 10.5. The van der Waals surface area contributed by atoms with Crippen molar-refractivity contribution in [1.29, 1.82) is 0 Å². The second kappa shape index (κ2) is 11.1. The number of amides is 1. The van der Waals surface area contributed by atoms with Gasteiger partial charge in [0.1, 0.15) is 5.56 Å². The first-order valence-electron chi connectivity index (χ1n) is 10.5. The molecule has 2 heterocycles. The number of aromatic nitrogens is 3. The quantitative estimate of drug-likeness (QED) is 0.381. The fraction of sp³-hybridized carbons (Fsp3) is 0.250. The van der Waals surface area contributed by atoms with Crippen LogP contribution in [0, 0.1) is 0 Å². The molecule has 35 heavy (non-hydrogen) atoms. The Balaban J connectivity index is 1.74. The molecule has 3 rings (SSSR count). The Morgan fingerprint density at radius 2 is 1.63 bits per heavy atom. The van der Waals surface area contributed by atoms with Crippen LogP contribution < -0.4 is 5.32 Å². The number of benzene rings is 1. The van der Waals surface area contributed by atoms with E-state index in [1.54, 1.807) is 29.1 Å². The molecule has 3 aromatic rings. The molecule has 0 aliphatic heterocycles. The first-order chi connectivity index (χ1) is 16.7. The summed E-state index contributed by atoms with van der Waals surface area (Å²) in [6.07, 6.45) is 2.98. The summed E-state index contributed by atoms with van der Waals surface area (Å²) < 4.78 is 16.1. The molecule has 0 unspecified atom stereocenters. The summed E-state index contributed by atoms with van der Waals surface area (Å²) >= 11 is 0. The van der Waals surface area contributed by atoms with E-state index in [4.69, 9.17) is 4.74 Å². The zero-order valence-corrected chi connectivity index (χ0v) is 19.6. The maximum absolute atomic E-state index is 12.7. The fourth-order valence-electron chi connectivity index (χ4n) is 3.31. The van der Waals surface area contributed by atoms with E-state index < -0.39 is 30.4 Å². The van der Waals surface area contributed by atoms with Gasteiger partial charge in [0, 0.05) is 11.9 Å². The number of hydrogen-bond donors (Lipinski definition) is 1. The molecule has 0 saturated carbocycles. The van der Waals surface area contributed by atoms with Crippen LogP contribution in [0.5, 0.6) is 0 Å². The van der Waals surface area contributed by atoms with E-state index >= 15 is 0 Å². The zero-order chi connectivity index (χ0) is 25.5. The van der Waals surface area contributed by atoms with E-state index in [0.29, 0.717) is 11.5 Å². The van der Waals surface area contributed by atoms with Gasteiger partial charge in [-0.15, -0.1) is 0 Å². The molecule has 1 N–H and O–H groups in total. The first kappa shape index (κ1) is 25.1. The molecule has 0 bridgehead atoms. The van der Waals surface area contributed by atoms with E-state index in [2.05, 4.69) is 24.9 Å². The van der Waals surface area contributed by atoms with E-state index in [0.717, 1.165) is 0 Å². The van der Waals surface area contributed by atoms with E-state index in [1.807, 2.05) is 13.8 Å². The highest BCUT2D eigenvalue weighted by Crippen LogP contribution is 2.23. The molecule has 0 atom stereocenters. The number of nitrogens with one attached hydrogen (secondary N) is 1. The summed E-state index contributed by atoms with van der Waals surface area (Å²) in [5, 5.41) is 6.75. The summed E-state index contributed by atoms with van der Waals surface area (Å²) in [7, 11) is 2.37. The van der Waals surface area contributed by atoms with Crippen LogP contribution in [-0.2, 0) is 19.0 Å². The highest BCUT2D eigenvalue weighted by Gasteiger charge is 2.23. The van der Waals surface area contributed by atoms with Crippen molar-refractivity contribution in [3.8, 4) is 5.82 Å². The number of carbonyl (C=O) groups is 4. The zero-order valence-electron chi connectivity index (χ0n) is 19.6. The van der Waals surface area contributed by atoms with Gasteiger partial charge in [-0.25, -0.2) is 24.0 Å². The Bertz CT molecular complexity index is 1220.